The predicted molar refractivity (Wildman–Crippen MR) is 293 cm³/mol. The second-order valence-corrected chi connectivity index (χ2v) is 20.6. The van der Waals surface area contributed by atoms with Crippen molar-refractivity contribution in [2.75, 3.05) is 13.2 Å². The average molecular weight is 958 g/mol. The molecule has 0 aromatic carbocycles. The van der Waals surface area contributed by atoms with Crippen molar-refractivity contribution < 1.29 is 28.6 Å². The third-order valence-electron chi connectivity index (χ3n) is 13.7. The maximum atomic E-state index is 12.8. The SMILES string of the molecule is CCCCCCCC/C=C\CCCCCCCCCC(=O)OC(COC(=O)CCCCCCCCCC)COC(=O)CCCCCCCCCCCCCCC/C=C\CCCCCCCCCC. The van der Waals surface area contributed by atoms with E-state index in [1.165, 1.54) is 238 Å². The number of rotatable bonds is 56. The van der Waals surface area contributed by atoms with Gasteiger partial charge in [-0.3, -0.25) is 14.4 Å². The van der Waals surface area contributed by atoms with Gasteiger partial charge in [-0.15, -0.1) is 0 Å². The molecule has 0 aliphatic rings. The summed E-state index contributed by atoms with van der Waals surface area (Å²) in [5.74, 6) is -0.858. The highest BCUT2D eigenvalue weighted by Crippen LogP contribution is 2.17. The molecule has 0 aliphatic heterocycles. The van der Waals surface area contributed by atoms with Gasteiger partial charge >= 0.3 is 17.9 Å². The second-order valence-electron chi connectivity index (χ2n) is 20.6. The predicted octanol–water partition coefficient (Wildman–Crippen LogP) is 20.3. The van der Waals surface area contributed by atoms with Crippen LogP contribution in [-0.2, 0) is 28.6 Å². The van der Waals surface area contributed by atoms with Crippen LogP contribution in [0.3, 0.4) is 0 Å². The Kier molecular flexibility index (Phi) is 55.7. The van der Waals surface area contributed by atoms with Crippen LogP contribution in [0.1, 0.15) is 335 Å². The fraction of sp³-hybridized carbons (Fsp3) is 0.887. The van der Waals surface area contributed by atoms with Crippen molar-refractivity contribution in [2.24, 2.45) is 0 Å². The third kappa shape index (κ3) is 54.8. The van der Waals surface area contributed by atoms with E-state index < -0.39 is 6.10 Å². The Bertz CT molecular complexity index is 1100. The summed E-state index contributed by atoms with van der Waals surface area (Å²) in [5.41, 5.74) is 0. The molecule has 0 aliphatic carbocycles. The molecular weight excluding hydrogens is 841 g/mol. The van der Waals surface area contributed by atoms with Gasteiger partial charge in [-0.25, -0.2) is 0 Å². The van der Waals surface area contributed by atoms with Crippen LogP contribution in [0.25, 0.3) is 0 Å². The molecule has 1 atom stereocenters. The second kappa shape index (κ2) is 57.5. The first kappa shape index (κ1) is 65.9. The zero-order valence-electron chi connectivity index (χ0n) is 45.9. The summed E-state index contributed by atoms with van der Waals surface area (Å²) in [6, 6.07) is 0. The molecule has 0 saturated carbocycles. The lowest BCUT2D eigenvalue weighted by Gasteiger charge is -2.18. The quantitative estimate of drug-likeness (QED) is 0.0262. The van der Waals surface area contributed by atoms with E-state index >= 15 is 0 Å². The minimum atomic E-state index is -0.768. The number of ether oxygens (including phenoxy) is 3. The minimum Gasteiger partial charge on any atom is -0.462 e. The summed E-state index contributed by atoms with van der Waals surface area (Å²) >= 11 is 0. The summed E-state index contributed by atoms with van der Waals surface area (Å²) in [5, 5.41) is 0. The average Bonchev–Trinajstić information content (AvgIpc) is 3.34. The first-order valence-corrected chi connectivity index (χ1v) is 30.3. The third-order valence-corrected chi connectivity index (χ3v) is 13.7. The molecule has 400 valence electrons. The molecule has 0 saturated heterocycles. The zero-order valence-corrected chi connectivity index (χ0v) is 45.9. The molecule has 6 heteroatoms. The van der Waals surface area contributed by atoms with Crippen molar-refractivity contribution in [3.63, 3.8) is 0 Å². The van der Waals surface area contributed by atoms with Crippen molar-refractivity contribution in [3.05, 3.63) is 24.3 Å². The molecule has 6 nitrogen and oxygen atoms in total. The van der Waals surface area contributed by atoms with Crippen LogP contribution in [0.15, 0.2) is 24.3 Å². The molecule has 0 bridgehead atoms. The van der Waals surface area contributed by atoms with Crippen LogP contribution < -0.4 is 0 Å². The van der Waals surface area contributed by atoms with Crippen molar-refractivity contribution in [2.45, 2.75) is 341 Å². The molecule has 0 aromatic rings. The minimum absolute atomic E-state index is 0.0688. The van der Waals surface area contributed by atoms with Gasteiger partial charge in [-0.2, -0.15) is 0 Å². The standard InChI is InChI=1S/C62H116O6/c1-4-7-10-13-16-19-21-23-25-27-28-29-30-31-32-33-34-36-37-39-41-43-46-49-52-55-61(64)67-58-59(57-66-60(63)54-51-48-45-18-15-12-9-6-3)68-62(65)56-53-50-47-44-42-40-38-35-26-24-22-20-17-14-11-8-5-2/h24,26-28,59H,4-23,25,29-58H2,1-3H3/b26-24-,28-27-. The number of unbranched alkanes of at least 4 members (excludes halogenated alkanes) is 41. The Hall–Kier alpha value is -2.11. The molecular formula is C62H116O6. The van der Waals surface area contributed by atoms with Crippen molar-refractivity contribution in [1.82, 2.24) is 0 Å². The zero-order chi connectivity index (χ0) is 49.3. The Morgan fingerprint density at radius 1 is 0.279 bits per heavy atom. The fourth-order valence-corrected chi connectivity index (χ4v) is 9.08. The van der Waals surface area contributed by atoms with E-state index in [4.69, 9.17) is 14.2 Å². The highest BCUT2D eigenvalue weighted by Gasteiger charge is 2.19. The molecule has 0 heterocycles. The summed E-state index contributed by atoms with van der Waals surface area (Å²) in [6.45, 7) is 6.65. The van der Waals surface area contributed by atoms with E-state index in [0.717, 1.165) is 57.8 Å². The Balaban J connectivity index is 4.13. The first-order valence-electron chi connectivity index (χ1n) is 30.3. The van der Waals surface area contributed by atoms with Gasteiger partial charge in [0, 0.05) is 19.3 Å². The number of allylic oxidation sites excluding steroid dienone is 4. The maximum Gasteiger partial charge on any atom is 0.306 e. The van der Waals surface area contributed by atoms with Crippen LogP contribution in [0.2, 0.25) is 0 Å². The van der Waals surface area contributed by atoms with E-state index in [1.54, 1.807) is 0 Å². The number of carbonyl (C=O) groups is 3. The van der Waals surface area contributed by atoms with Gasteiger partial charge < -0.3 is 14.2 Å². The van der Waals surface area contributed by atoms with Gasteiger partial charge in [0.2, 0.25) is 0 Å². The van der Waals surface area contributed by atoms with Gasteiger partial charge in [-0.05, 0) is 70.6 Å². The van der Waals surface area contributed by atoms with E-state index in [-0.39, 0.29) is 31.1 Å². The Morgan fingerprint density at radius 3 is 0.735 bits per heavy atom. The molecule has 0 rings (SSSR count). The van der Waals surface area contributed by atoms with Gasteiger partial charge in [-0.1, -0.05) is 270 Å². The summed E-state index contributed by atoms with van der Waals surface area (Å²) in [6.07, 6.45) is 67.7. The summed E-state index contributed by atoms with van der Waals surface area (Å²) in [4.78, 5) is 38.0. The normalized spacial score (nSPS) is 12.1. The summed E-state index contributed by atoms with van der Waals surface area (Å²) in [7, 11) is 0. The topological polar surface area (TPSA) is 78.9 Å². The molecule has 0 amide bonds. The largest absolute Gasteiger partial charge is 0.462 e. The van der Waals surface area contributed by atoms with Gasteiger partial charge in [0.25, 0.3) is 0 Å². The molecule has 0 aromatic heterocycles. The number of carbonyl (C=O) groups excluding carboxylic acids is 3. The molecule has 0 fully saturated rings. The lowest BCUT2D eigenvalue weighted by molar-refractivity contribution is -0.167. The van der Waals surface area contributed by atoms with Crippen LogP contribution >= 0.6 is 0 Å². The molecule has 0 spiro atoms. The first-order chi connectivity index (χ1) is 33.5. The van der Waals surface area contributed by atoms with Crippen LogP contribution in [0, 0.1) is 0 Å². The van der Waals surface area contributed by atoms with Crippen molar-refractivity contribution >= 4 is 17.9 Å². The highest BCUT2D eigenvalue weighted by molar-refractivity contribution is 5.71. The lowest BCUT2D eigenvalue weighted by atomic mass is 10.0. The van der Waals surface area contributed by atoms with Gasteiger partial charge in [0.15, 0.2) is 6.10 Å². The van der Waals surface area contributed by atoms with Crippen LogP contribution in [-0.4, -0.2) is 37.2 Å². The smallest absolute Gasteiger partial charge is 0.306 e. The molecule has 1 unspecified atom stereocenters. The monoisotopic (exact) mass is 957 g/mol. The molecule has 68 heavy (non-hydrogen) atoms. The number of hydrogen-bond acceptors (Lipinski definition) is 6. The van der Waals surface area contributed by atoms with Crippen LogP contribution in [0.5, 0.6) is 0 Å². The van der Waals surface area contributed by atoms with Crippen LogP contribution in [0.4, 0.5) is 0 Å². The Labute approximate surface area is 423 Å². The molecule has 0 radical (unpaired) electrons. The van der Waals surface area contributed by atoms with E-state index in [2.05, 4.69) is 45.1 Å². The van der Waals surface area contributed by atoms with Gasteiger partial charge in [0.05, 0.1) is 0 Å². The van der Waals surface area contributed by atoms with E-state index in [0.29, 0.717) is 19.3 Å². The summed E-state index contributed by atoms with van der Waals surface area (Å²) < 4.78 is 16.8. The number of hydrogen-bond donors (Lipinski definition) is 0. The highest BCUT2D eigenvalue weighted by atomic mass is 16.6. The lowest BCUT2D eigenvalue weighted by Crippen LogP contribution is -2.30. The van der Waals surface area contributed by atoms with Gasteiger partial charge in [0.1, 0.15) is 13.2 Å². The van der Waals surface area contributed by atoms with E-state index in [1.807, 2.05) is 0 Å². The van der Waals surface area contributed by atoms with Crippen molar-refractivity contribution in [1.29, 1.82) is 0 Å². The van der Waals surface area contributed by atoms with E-state index in [9.17, 15) is 14.4 Å². The molecule has 0 N–H and O–H groups in total. The maximum absolute atomic E-state index is 12.8. The number of esters is 3. The van der Waals surface area contributed by atoms with Crippen molar-refractivity contribution in [3.8, 4) is 0 Å². The Morgan fingerprint density at radius 2 is 0.485 bits per heavy atom. The fourth-order valence-electron chi connectivity index (χ4n) is 9.08.